The maximum atomic E-state index is 11.9. The van der Waals surface area contributed by atoms with Crippen LogP contribution in [0, 0.1) is 6.92 Å². The molecule has 0 unspecified atom stereocenters. The number of nitrogens with zero attached hydrogens (tertiary/aromatic N) is 1. The van der Waals surface area contributed by atoms with Gasteiger partial charge in [0.25, 0.3) is 5.91 Å². The molecular weight excluding hydrogens is 264 g/mol. The first-order chi connectivity index (χ1) is 9.08. The number of hydrogen-bond donors (Lipinski definition) is 2. The highest BCUT2D eigenvalue weighted by Crippen LogP contribution is 2.21. The first-order valence-corrected chi connectivity index (χ1v) is 6.12. The van der Waals surface area contributed by atoms with Crippen molar-refractivity contribution >= 4 is 17.5 Å². The molecule has 4 nitrogen and oxygen atoms in total. The Morgan fingerprint density at radius 3 is 2.89 bits per heavy atom. The summed E-state index contributed by atoms with van der Waals surface area (Å²) < 4.78 is 0. The van der Waals surface area contributed by atoms with Crippen LogP contribution in [0.15, 0.2) is 36.7 Å². The number of carbonyl (C=O) groups is 1. The molecule has 0 bridgehead atoms. The highest BCUT2D eigenvalue weighted by molar-refractivity contribution is 6.30. The Labute approximate surface area is 116 Å². The number of hydrogen-bond acceptors (Lipinski definition) is 3. The van der Waals surface area contributed by atoms with Gasteiger partial charge >= 0.3 is 0 Å². The summed E-state index contributed by atoms with van der Waals surface area (Å²) in [6.45, 7) is 2.31. The van der Waals surface area contributed by atoms with Gasteiger partial charge in [0.05, 0.1) is 5.56 Å². The van der Waals surface area contributed by atoms with Gasteiger partial charge in [0.2, 0.25) is 0 Å². The fourth-order valence-electron chi connectivity index (χ4n) is 1.65. The molecule has 19 heavy (non-hydrogen) atoms. The van der Waals surface area contributed by atoms with Gasteiger partial charge in [0.15, 0.2) is 0 Å². The van der Waals surface area contributed by atoms with Gasteiger partial charge in [-0.15, -0.1) is 0 Å². The zero-order valence-corrected chi connectivity index (χ0v) is 11.1. The molecule has 98 valence electrons. The van der Waals surface area contributed by atoms with E-state index in [0.717, 1.165) is 11.1 Å². The van der Waals surface area contributed by atoms with Crippen molar-refractivity contribution in [2.75, 3.05) is 0 Å². The lowest BCUT2D eigenvalue weighted by Gasteiger charge is -2.08. The topological polar surface area (TPSA) is 62.2 Å². The first-order valence-electron chi connectivity index (χ1n) is 5.74. The minimum absolute atomic E-state index is 0.132. The predicted octanol–water partition coefficient (Wildman–Crippen LogP) is 2.68. The second kappa shape index (κ2) is 5.71. The van der Waals surface area contributed by atoms with E-state index in [1.54, 1.807) is 18.5 Å². The van der Waals surface area contributed by atoms with Gasteiger partial charge in [-0.2, -0.15) is 0 Å². The van der Waals surface area contributed by atoms with Crippen molar-refractivity contribution in [3.05, 3.63) is 58.4 Å². The Morgan fingerprint density at radius 1 is 1.42 bits per heavy atom. The summed E-state index contributed by atoms with van der Waals surface area (Å²) in [6, 6.07) is 6.27. The summed E-state index contributed by atoms with van der Waals surface area (Å²) in [5.74, 6) is -0.481. The monoisotopic (exact) mass is 276 g/mol. The number of phenols is 1. The van der Waals surface area contributed by atoms with Crippen molar-refractivity contribution in [2.45, 2.75) is 13.5 Å². The zero-order chi connectivity index (χ0) is 13.8. The van der Waals surface area contributed by atoms with Crippen molar-refractivity contribution in [2.24, 2.45) is 0 Å². The van der Waals surface area contributed by atoms with Gasteiger partial charge in [-0.1, -0.05) is 11.6 Å². The normalized spacial score (nSPS) is 10.2. The summed E-state index contributed by atoms with van der Waals surface area (Å²) in [5, 5.41) is 12.8. The number of aromatic hydroxyl groups is 1. The fraction of sp³-hybridized carbons (Fsp3) is 0.143. The van der Waals surface area contributed by atoms with E-state index in [0.29, 0.717) is 11.6 Å². The summed E-state index contributed by atoms with van der Waals surface area (Å²) in [5.41, 5.74) is 2.19. The van der Waals surface area contributed by atoms with Gasteiger partial charge in [-0.3, -0.25) is 9.78 Å². The highest BCUT2D eigenvalue weighted by atomic mass is 35.5. The van der Waals surface area contributed by atoms with Crippen LogP contribution in [0.4, 0.5) is 0 Å². The average Bonchev–Trinajstić information content (AvgIpc) is 2.37. The van der Waals surface area contributed by atoms with Crippen molar-refractivity contribution in [1.82, 2.24) is 10.3 Å². The molecule has 0 fully saturated rings. The number of benzene rings is 1. The summed E-state index contributed by atoms with van der Waals surface area (Å²) >= 11 is 5.72. The molecule has 2 rings (SSSR count). The number of aryl methyl sites for hydroxylation is 1. The Balaban J connectivity index is 2.08. The minimum Gasteiger partial charge on any atom is -0.507 e. The van der Waals surface area contributed by atoms with E-state index >= 15 is 0 Å². The summed E-state index contributed by atoms with van der Waals surface area (Å²) in [6.07, 6.45) is 3.41. The van der Waals surface area contributed by atoms with E-state index < -0.39 is 0 Å². The molecule has 2 aromatic rings. The highest BCUT2D eigenvalue weighted by Gasteiger charge is 2.11. The first kappa shape index (κ1) is 13.4. The van der Waals surface area contributed by atoms with Gasteiger partial charge in [-0.05, 0) is 42.3 Å². The van der Waals surface area contributed by atoms with Crippen LogP contribution in [0.3, 0.4) is 0 Å². The van der Waals surface area contributed by atoms with Crippen LogP contribution in [-0.2, 0) is 6.54 Å². The number of phenolic OH excluding ortho intramolecular Hbond substituents is 1. The fourth-order valence-corrected chi connectivity index (χ4v) is 1.82. The summed E-state index contributed by atoms with van der Waals surface area (Å²) in [7, 11) is 0. The quantitative estimate of drug-likeness (QED) is 0.906. The minimum atomic E-state index is -0.350. The molecule has 1 amide bonds. The van der Waals surface area contributed by atoms with Crippen molar-refractivity contribution in [3.63, 3.8) is 0 Å². The third-order valence-electron chi connectivity index (χ3n) is 2.79. The molecule has 0 radical (unpaired) electrons. The Hall–Kier alpha value is -2.07. The van der Waals surface area contributed by atoms with Crippen molar-refractivity contribution in [1.29, 1.82) is 0 Å². The number of nitrogens with one attached hydrogen (secondary N) is 1. The Bertz CT molecular complexity index is 614. The third kappa shape index (κ3) is 3.23. The standard InChI is InChI=1S/C14H13ClN2O2/c1-9-4-5-16-7-10(9)8-17-14(19)12-3-2-11(15)6-13(12)18/h2-7,18H,8H2,1H3,(H,17,19). The van der Waals surface area contributed by atoms with Crippen LogP contribution >= 0.6 is 11.6 Å². The van der Waals surface area contributed by atoms with Crippen LogP contribution < -0.4 is 5.32 Å². The van der Waals surface area contributed by atoms with Gasteiger partial charge < -0.3 is 10.4 Å². The van der Waals surface area contributed by atoms with E-state index in [4.69, 9.17) is 11.6 Å². The third-order valence-corrected chi connectivity index (χ3v) is 3.03. The van der Waals surface area contributed by atoms with Crippen molar-refractivity contribution in [3.8, 4) is 5.75 Å². The van der Waals surface area contributed by atoms with Gasteiger partial charge in [-0.25, -0.2) is 0 Å². The van der Waals surface area contributed by atoms with E-state index in [1.807, 2.05) is 13.0 Å². The molecule has 0 spiro atoms. The Kier molecular flexibility index (Phi) is 4.02. The Morgan fingerprint density at radius 2 is 2.21 bits per heavy atom. The van der Waals surface area contributed by atoms with Crippen LogP contribution in [-0.4, -0.2) is 16.0 Å². The number of aromatic nitrogens is 1. The molecule has 1 aromatic heterocycles. The van der Waals surface area contributed by atoms with E-state index in [-0.39, 0.29) is 17.2 Å². The average molecular weight is 277 g/mol. The smallest absolute Gasteiger partial charge is 0.255 e. The number of carbonyl (C=O) groups excluding carboxylic acids is 1. The van der Waals surface area contributed by atoms with E-state index in [2.05, 4.69) is 10.3 Å². The number of amides is 1. The molecule has 2 N–H and O–H groups in total. The number of pyridine rings is 1. The van der Waals surface area contributed by atoms with E-state index in [1.165, 1.54) is 12.1 Å². The van der Waals surface area contributed by atoms with Crippen LogP contribution in [0.25, 0.3) is 0 Å². The largest absolute Gasteiger partial charge is 0.507 e. The van der Waals surface area contributed by atoms with Gasteiger partial charge in [0, 0.05) is 24.0 Å². The SMILES string of the molecule is Cc1ccncc1CNC(=O)c1ccc(Cl)cc1O. The lowest BCUT2D eigenvalue weighted by atomic mass is 10.1. The molecule has 0 aliphatic rings. The second-order valence-corrected chi connectivity index (χ2v) is 4.58. The molecule has 0 saturated heterocycles. The van der Waals surface area contributed by atoms with Crippen LogP contribution in [0.2, 0.25) is 5.02 Å². The molecule has 1 heterocycles. The number of rotatable bonds is 3. The van der Waals surface area contributed by atoms with E-state index in [9.17, 15) is 9.90 Å². The van der Waals surface area contributed by atoms with Crippen LogP contribution in [0.1, 0.15) is 21.5 Å². The van der Waals surface area contributed by atoms with Gasteiger partial charge in [0.1, 0.15) is 5.75 Å². The van der Waals surface area contributed by atoms with Crippen LogP contribution in [0.5, 0.6) is 5.75 Å². The molecule has 0 aliphatic carbocycles. The molecule has 0 saturated carbocycles. The van der Waals surface area contributed by atoms with Crippen molar-refractivity contribution < 1.29 is 9.90 Å². The molecule has 0 aliphatic heterocycles. The maximum absolute atomic E-state index is 11.9. The second-order valence-electron chi connectivity index (χ2n) is 4.15. The molecule has 5 heteroatoms. The number of halogens is 1. The lowest BCUT2D eigenvalue weighted by molar-refractivity contribution is 0.0948. The molecule has 1 aromatic carbocycles. The summed E-state index contributed by atoms with van der Waals surface area (Å²) in [4.78, 5) is 15.9. The lowest BCUT2D eigenvalue weighted by Crippen LogP contribution is -2.23. The predicted molar refractivity (Wildman–Crippen MR) is 73.3 cm³/mol. The molecule has 0 atom stereocenters. The maximum Gasteiger partial charge on any atom is 0.255 e. The molecular formula is C14H13ClN2O2. The zero-order valence-electron chi connectivity index (χ0n) is 10.4.